The first-order valence-electron chi connectivity index (χ1n) is 6.21. The summed E-state index contributed by atoms with van der Waals surface area (Å²) >= 11 is 0. The van der Waals surface area contributed by atoms with Crippen LogP contribution in [-0.2, 0) is 10.0 Å². The zero-order valence-electron chi connectivity index (χ0n) is 11.5. The van der Waals surface area contributed by atoms with Crippen molar-refractivity contribution in [2.45, 2.75) is 39.0 Å². The summed E-state index contributed by atoms with van der Waals surface area (Å²) in [5, 5.41) is 0. The molecular formula is C13H22N2O2S. The van der Waals surface area contributed by atoms with Gasteiger partial charge in [-0.1, -0.05) is 13.8 Å². The van der Waals surface area contributed by atoms with E-state index in [0.717, 1.165) is 17.5 Å². The fourth-order valence-electron chi connectivity index (χ4n) is 1.85. The number of rotatable bonds is 5. The van der Waals surface area contributed by atoms with Gasteiger partial charge in [-0.3, -0.25) is 0 Å². The Morgan fingerprint density at radius 1 is 1.22 bits per heavy atom. The van der Waals surface area contributed by atoms with E-state index in [1.165, 1.54) is 4.31 Å². The van der Waals surface area contributed by atoms with Gasteiger partial charge >= 0.3 is 0 Å². The van der Waals surface area contributed by atoms with Crippen molar-refractivity contribution < 1.29 is 8.42 Å². The summed E-state index contributed by atoms with van der Waals surface area (Å²) < 4.78 is 26.4. The first kappa shape index (κ1) is 15.0. The SMILES string of the molecule is CCCN(CC)S(=O)(=O)c1cc(C)c(C)c(N)c1. The Kier molecular flexibility index (Phi) is 4.76. The van der Waals surface area contributed by atoms with Crippen LogP contribution in [0.15, 0.2) is 17.0 Å². The van der Waals surface area contributed by atoms with E-state index in [1.54, 1.807) is 12.1 Å². The Balaban J connectivity index is 3.28. The summed E-state index contributed by atoms with van der Waals surface area (Å²) in [4.78, 5) is 0.290. The zero-order valence-corrected chi connectivity index (χ0v) is 12.3. The van der Waals surface area contributed by atoms with Gasteiger partial charge in [0.1, 0.15) is 0 Å². The topological polar surface area (TPSA) is 63.4 Å². The second-order valence-electron chi connectivity index (χ2n) is 4.45. The second kappa shape index (κ2) is 5.71. The van der Waals surface area contributed by atoms with Crippen molar-refractivity contribution in [2.75, 3.05) is 18.8 Å². The van der Waals surface area contributed by atoms with Crippen molar-refractivity contribution in [1.82, 2.24) is 4.31 Å². The second-order valence-corrected chi connectivity index (χ2v) is 6.39. The maximum atomic E-state index is 12.4. The van der Waals surface area contributed by atoms with Crippen molar-refractivity contribution in [3.8, 4) is 0 Å². The van der Waals surface area contributed by atoms with E-state index in [2.05, 4.69) is 0 Å². The van der Waals surface area contributed by atoms with E-state index >= 15 is 0 Å². The Bertz CT molecular complexity index is 501. The highest BCUT2D eigenvalue weighted by Gasteiger charge is 2.23. The van der Waals surface area contributed by atoms with E-state index in [-0.39, 0.29) is 0 Å². The van der Waals surface area contributed by atoms with Crippen molar-refractivity contribution in [2.24, 2.45) is 0 Å². The van der Waals surface area contributed by atoms with Crippen molar-refractivity contribution in [1.29, 1.82) is 0 Å². The minimum absolute atomic E-state index is 0.290. The van der Waals surface area contributed by atoms with Crippen molar-refractivity contribution in [3.05, 3.63) is 23.3 Å². The number of anilines is 1. The van der Waals surface area contributed by atoms with Gasteiger partial charge in [0.05, 0.1) is 4.90 Å². The molecule has 1 aromatic rings. The lowest BCUT2D eigenvalue weighted by atomic mass is 10.1. The molecule has 0 aromatic heterocycles. The lowest BCUT2D eigenvalue weighted by Crippen LogP contribution is -2.31. The van der Waals surface area contributed by atoms with Crippen LogP contribution in [0.4, 0.5) is 5.69 Å². The van der Waals surface area contributed by atoms with Crippen molar-refractivity contribution >= 4 is 15.7 Å². The Morgan fingerprint density at radius 2 is 1.83 bits per heavy atom. The van der Waals surface area contributed by atoms with Gasteiger partial charge in [0, 0.05) is 18.8 Å². The third-order valence-corrected chi connectivity index (χ3v) is 5.10. The predicted molar refractivity (Wildman–Crippen MR) is 75.1 cm³/mol. The number of hydrogen-bond donors (Lipinski definition) is 1. The molecule has 0 aliphatic heterocycles. The molecule has 1 aromatic carbocycles. The molecule has 0 saturated heterocycles. The van der Waals surface area contributed by atoms with Crippen LogP contribution in [0, 0.1) is 13.8 Å². The molecule has 0 bridgehead atoms. The maximum Gasteiger partial charge on any atom is 0.243 e. The molecule has 0 heterocycles. The number of aryl methyl sites for hydroxylation is 1. The first-order chi connectivity index (χ1) is 8.34. The smallest absolute Gasteiger partial charge is 0.243 e. The molecule has 2 N–H and O–H groups in total. The van der Waals surface area contributed by atoms with Crippen molar-refractivity contribution in [3.63, 3.8) is 0 Å². The molecule has 0 aliphatic rings. The summed E-state index contributed by atoms with van der Waals surface area (Å²) in [7, 11) is -3.42. The molecule has 5 heteroatoms. The summed E-state index contributed by atoms with van der Waals surface area (Å²) in [5.41, 5.74) is 8.22. The standard InChI is InChI=1S/C13H22N2O2S/c1-5-7-15(6-2)18(16,17)12-8-10(3)11(4)13(14)9-12/h8-9H,5-7,14H2,1-4H3. The molecule has 0 radical (unpaired) electrons. The number of benzene rings is 1. The maximum absolute atomic E-state index is 12.4. The van der Waals surface area contributed by atoms with Gasteiger partial charge in [0.25, 0.3) is 0 Å². The van der Waals surface area contributed by atoms with E-state index in [4.69, 9.17) is 5.73 Å². The Hall–Kier alpha value is -1.07. The van der Waals surface area contributed by atoms with Gasteiger partial charge in [-0.25, -0.2) is 8.42 Å². The fourth-order valence-corrected chi connectivity index (χ4v) is 3.51. The summed E-state index contributed by atoms with van der Waals surface area (Å²) in [6.45, 7) is 8.59. The molecule has 0 amide bonds. The average molecular weight is 270 g/mol. The summed E-state index contributed by atoms with van der Waals surface area (Å²) in [5.74, 6) is 0. The highest BCUT2D eigenvalue weighted by Crippen LogP contribution is 2.24. The first-order valence-corrected chi connectivity index (χ1v) is 7.65. The molecule has 0 aliphatic carbocycles. The average Bonchev–Trinajstić information content (AvgIpc) is 2.31. The highest BCUT2D eigenvalue weighted by molar-refractivity contribution is 7.89. The molecule has 0 unspecified atom stereocenters. The van der Waals surface area contributed by atoms with Crippen LogP contribution in [0.3, 0.4) is 0 Å². The number of nitrogens with two attached hydrogens (primary N) is 1. The Labute approximate surface area is 110 Å². The van der Waals surface area contributed by atoms with Gasteiger partial charge in [0.2, 0.25) is 10.0 Å². The molecule has 0 fully saturated rings. The van der Waals surface area contributed by atoms with E-state index in [0.29, 0.717) is 23.7 Å². The fraction of sp³-hybridized carbons (Fsp3) is 0.538. The van der Waals surface area contributed by atoms with E-state index in [1.807, 2.05) is 27.7 Å². The minimum Gasteiger partial charge on any atom is -0.398 e. The largest absolute Gasteiger partial charge is 0.398 e. The summed E-state index contributed by atoms with van der Waals surface area (Å²) in [6.07, 6.45) is 0.799. The molecule has 102 valence electrons. The summed E-state index contributed by atoms with van der Waals surface area (Å²) in [6, 6.07) is 3.25. The molecule has 18 heavy (non-hydrogen) atoms. The van der Waals surface area contributed by atoms with Gasteiger partial charge in [-0.05, 0) is 43.5 Å². The Morgan fingerprint density at radius 3 is 2.28 bits per heavy atom. The molecule has 0 spiro atoms. The third-order valence-electron chi connectivity index (χ3n) is 3.14. The van der Waals surface area contributed by atoms with E-state index in [9.17, 15) is 8.42 Å². The van der Waals surface area contributed by atoms with Gasteiger partial charge in [0.15, 0.2) is 0 Å². The monoisotopic (exact) mass is 270 g/mol. The number of nitrogen functional groups attached to an aromatic ring is 1. The van der Waals surface area contributed by atoms with Crippen LogP contribution in [0.5, 0.6) is 0 Å². The third kappa shape index (κ3) is 2.84. The van der Waals surface area contributed by atoms with Crippen LogP contribution in [0.2, 0.25) is 0 Å². The van der Waals surface area contributed by atoms with Crippen LogP contribution >= 0.6 is 0 Å². The minimum atomic E-state index is -3.42. The lowest BCUT2D eigenvalue weighted by molar-refractivity contribution is 0.427. The van der Waals surface area contributed by atoms with Crippen LogP contribution < -0.4 is 5.73 Å². The normalized spacial score (nSPS) is 12.1. The quantitative estimate of drug-likeness (QED) is 0.835. The number of nitrogens with zero attached hydrogens (tertiary/aromatic N) is 1. The zero-order chi connectivity index (χ0) is 13.9. The molecule has 4 nitrogen and oxygen atoms in total. The van der Waals surface area contributed by atoms with E-state index < -0.39 is 10.0 Å². The molecular weight excluding hydrogens is 248 g/mol. The predicted octanol–water partition coefficient (Wildman–Crippen LogP) is 2.31. The van der Waals surface area contributed by atoms with Gasteiger partial charge < -0.3 is 5.73 Å². The number of hydrogen-bond acceptors (Lipinski definition) is 3. The molecule has 0 saturated carbocycles. The van der Waals surface area contributed by atoms with Crippen LogP contribution in [-0.4, -0.2) is 25.8 Å². The van der Waals surface area contributed by atoms with Gasteiger partial charge in [-0.2, -0.15) is 4.31 Å². The highest BCUT2D eigenvalue weighted by atomic mass is 32.2. The van der Waals surface area contributed by atoms with Gasteiger partial charge in [-0.15, -0.1) is 0 Å². The van der Waals surface area contributed by atoms with Crippen LogP contribution in [0.25, 0.3) is 0 Å². The lowest BCUT2D eigenvalue weighted by Gasteiger charge is -2.20. The molecule has 1 rings (SSSR count). The van der Waals surface area contributed by atoms with Crippen LogP contribution in [0.1, 0.15) is 31.4 Å². The number of sulfonamides is 1. The molecule has 0 atom stereocenters.